The van der Waals surface area contributed by atoms with Gasteiger partial charge in [-0.05, 0) is 108 Å². The fourth-order valence-electron chi connectivity index (χ4n) is 8.91. The fourth-order valence-corrected chi connectivity index (χ4v) is 8.91. The number of nitrogens with zero attached hydrogens (tertiary/aromatic N) is 4. The molecule has 2 aliphatic rings. The number of alkyl halides is 3. The van der Waals surface area contributed by atoms with Crippen LogP contribution in [0.2, 0.25) is 0 Å². The zero-order chi connectivity index (χ0) is 41.3. The third-order valence-electron chi connectivity index (χ3n) is 11.9. The molecule has 10 rings (SSSR count). The maximum atomic E-state index is 14.5. The second kappa shape index (κ2) is 14.0. The van der Waals surface area contributed by atoms with E-state index in [9.17, 15) is 23.7 Å². The van der Waals surface area contributed by atoms with Crippen LogP contribution in [0.3, 0.4) is 0 Å². The molecule has 60 heavy (non-hydrogen) atoms. The molecule has 0 radical (unpaired) electrons. The first kappa shape index (κ1) is 36.7. The van der Waals surface area contributed by atoms with Crippen molar-refractivity contribution in [1.29, 1.82) is 10.5 Å². The molecule has 4 nitrogen and oxygen atoms in total. The monoisotopic (exact) mass is 784 g/mol. The Morgan fingerprint density at radius 2 is 1.42 bits per heavy atom. The normalized spacial score (nSPS) is 14.6. The highest BCUT2D eigenvalue weighted by molar-refractivity contribution is 6.11. The number of hydrogen-bond acceptors (Lipinski definition) is 2. The summed E-state index contributed by atoms with van der Waals surface area (Å²) in [6.07, 6.45) is 9.48. The molecule has 0 aliphatic heterocycles. The lowest BCUT2D eigenvalue weighted by atomic mass is 9.95. The Morgan fingerprint density at radius 3 is 2.18 bits per heavy atom. The number of halogens is 3. The van der Waals surface area contributed by atoms with E-state index >= 15 is 0 Å². The number of aromatic nitrogens is 2. The maximum Gasteiger partial charge on any atom is 0.416 e. The minimum Gasteiger partial charge on any atom is -0.308 e. The van der Waals surface area contributed by atoms with E-state index in [1.54, 1.807) is 6.07 Å². The average molecular weight is 785 g/mol. The summed E-state index contributed by atoms with van der Waals surface area (Å²) in [5.41, 5.74) is 9.92. The molecule has 8 aromatic rings. The zero-order valence-corrected chi connectivity index (χ0v) is 32.8. The number of fused-ring (bicyclic) bond motifs is 6. The van der Waals surface area contributed by atoms with Crippen molar-refractivity contribution in [2.45, 2.75) is 32.9 Å². The molecule has 7 heteroatoms. The number of rotatable bonds is 4. The predicted octanol–water partition coefficient (Wildman–Crippen LogP) is 12.1. The zero-order valence-electron chi connectivity index (χ0n) is 32.8. The molecule has 288 valence electrons. The van der Waals surface area contributed by atoms with Gasteiger partial charge in [-0.1, -0.05) is 114 Å². The fraction of sp³-hybridized carbons (Fsp3) is 0.0943. The Morgan fingerprint density at radius 1 is 0.650 bits per heavy atom. The molecule has 0 N–H and O–H groups in total. The van der Waals surface area contributed by atoms with Crippen molar-refractivity contribution in [2.75, 3.05) is 0 Å². The first-order valence-corrected chi connectivity index (χ1v) is 19.8. The van der Waals surface area contributed by atoms with Crippen LogP contribution in [0.5, 0.6) is 0 Å². The number of nitriles is 2. The molecule has 2 aromatic heterocycles. The second-order valence-electron chi connectivity index (χ2n) is 15.6. The molecule has 2 aliphatic carbocycles. The van der Waals surface area contributed by atoms with Crippen LogP contribution in [0.1, 0.15) is 41.2 Å². The van der Waals surface area contributed by atoms with E-state index in [-0.39, 0.29) is 16.7 Å². The Hall–Kier alpha value is -7.61. The Kier molecular flexibility index (Phi) is 8.59. The number of benzene rings is 6. The molecule has 0 spiro atoms. The van der Waals surface area contributed by atoms with Gasteiger partial charge in [-0.2, -0.15) is 23.7 Å². The van der Waals surface area contributed by atoms with Crippen LogP contribution in [0.15, 0.2) is 151 Å². The van der Waals surface area contributed by atoms with Crippen LogP contribution in [0.4, 0.5) is 13.2 Å². The molecule has 0 saturated heterocycles. The van der Waals surface area contributed by atoms with Gasteiger partial charge in [0.2, 0.25) is 0 Å². The number of aryl methyl sites for hydroxylation is 1. The van der Waals surface area contributed by atoms with Crippen LogP contribution in [-0.2, 0) is 12.6 Å². The summed E-state index contributed by atoms with van der Waals surface area (Å²) < 4.78 is 47.7. The Bertz CT molecular complexity index is 3450. The molecule has 0 fully saturated rings. The summed E-state index contributed by atoms with van der Waals surface area (Å²) in [6.45, 7) is 4.13. The van der Waals surface area contributed by atoms with Gasteiger partial charge in [-0.25, -0.2) is 0 Å². The SMILES string of the molecule is CC1=CCC(=c2ccc3c4c(n(-c5ccc(-c6cc(C#N)cc(C(F)(F)F)c6)c(-n6c7ccccc7c7ccc(-c8ccc(C)cc8)cc76)c5C#N)c3c2)=CC=CC4)C=C1. The topological polar surface area (TPSA) is 57.4 Å². The lowest BCUT2D eigenvalue weighted by Crippen LogP contribution is -2.20. The summed E-state index contributed by atoms with van der Waals surface area (Å²) in [6, 6.07) is 40.5. The highest BCUT2D eigenvalue weighted by Gasteiger charge is 2.32. The third kappa shape index (κ3) is 5.98. The standard InChI is InChI=1S/C53H35F3N4/c1-32-11-15-35(16-12-32)37-19-21-44-42-7-3-5-9-47(42)59(50(44)28-37)49-24-23-41(39-25-34(30-57)26-40(27-39)53(54,55)56)52(46(49)31-58)60-48-10-6-4-8-43(48)45-22-20-38(29-51(45)60)36-17-13-33(2)14-18-36/h3-6,8-15,17-29H,7,16H2,1-2H3. The summed E-state index contributed by atoms with van der Waals surface area (Å²) in [5, 5.41) is 26.5. The quantitative estimate of drug-likeness (QED) is 0.178. The highest BCUT2D eigenvalue weighted by Crippen LogP contribution is 2.43. The average Bonchev–Trinajstić information content (AvgIpc) is 3.77. The molecular weight excluding hydrogens is 750 g/mol. The van der Waals surface area contributed by atoms with E-state index in [0.29, 0.717) is 23.4 Å². The van der Waals surface area contributed by atoms with E-state index in [2.05, 4.69) is 109 Å². The molecule has 2 heterocycles. The van der Waals surface area contributed by atoms with Crippen molar-refractivity contribution < 1.29 is 13.2 Å². The lowest BCUT2D eigenvalue weighted by Gasteiger charge is -2.21. The van der Waals surface area contributed by atoms with E-state index in [1.165, 1.54) is 17.2 Å². The van der Waals surface area contributed by atoms with Gasteiger partial charge in [0.05, 0.1) is 50.5 Å². The first-order chi connectivity index (χ1) is 29.1. The van der Waals surface area contributed by atoms with Gasteiger partial charge in [-0.15, -0.1) is 0 Å². The van der Waals surface area contributed by atoms with E-state index in [4.69, 9.17) is 0 Å². The van der Waals surface area contributed by atoms with Gasteiger partial charge in [0.15, 0.2) is 0 Å². The number of para-hydroxylation sites is 1. The minimum absolute atomic E-state index is 0.129. The highest BCUT2D eigenvalue weighted by atomic mass is 19.4. The van der Waals surface area contributed by atoms with Gasteiger partial charge >= 0.3 is 6.18 Å². The van der Waals surface area contributed by atoms with E-state index in [1.807, 2.05) is 54.0 Å². The van der Waals surface area contributed by atoms with E-state index < -0.39 is 11.7 Å². The number of hydrogen-bond donors (Lipinski definition) is 0. The van der Waals surface area contributed by atoms with Gasteiger partial charge in [0, 0.05) is 21.7 Å². The number of allylic oxidation sites excluding steroid dienone is 6. The van der Waals surface area contributed by atoms with Crippen molar-refractivity contribution in [2.24, 2.45) is 0 Å². The van der Waals surface area contributed by atoms with Crippen LogP contribution < -0.4 is 10.6 Å². The van der Waals surface area contributed by atoms with Gasteiger partial charge < -0.3 is 9.13 Å². The predicted molar refractivity (Wildman–Crippen MR) is 235 cm³/mol. The van der Waals surface area contributed by atoms with Crippen molar-refractivity contribution in [1.82, 2.24) is 9.13 Å². The molecular formula is C53H35F3N4. The summed E-state index contributed by atoms with van der Waals surface area (Å²) >= 11 is 0. The van der Waals surface area contributed by atoms with Crippen molar-refractivity contribution in [3.8, 4) is 45.8 Å². The maximum absolute atomic E-state index is 14.5. The smallest absolute Gasteiger partial charge is 0.308 e. The molecule has 6 aromatic carbocycles. The Balaban J connectivity index is 1.36. The van der Waals surface area contributed by atoms with Crippen LogP contribution in [0.25, 0.3) is 78.0 Å². The third-order valence-corrected chi connectivity index (χ3v) is 11.9. The second-order valence-corrected chi connectivity index (χ2v) is 15.6. The van der Waals surface area contributed by atoms with Crippen LogP contribution in [0, 0.1) is 29.6 Å². The Labute approximate surface area is 344 Å². The largest absolute Gasteiger partial charge is 0.416 e. The van der Waals surface area contributed by atoms with Gasteiger partial charge in [-0.3, -0.25) is 0 Å². The van der Waals surface area contributed by atoms with Crippen molar-refractivity contribution >= 4 is 44.4 Å². The van der Waals surface area contributed by atoms with Crippen LogP contribution >= 0.6 is 0 Å². The lowest BCUT2D eigenvalue weighted by molar-refractivity contribution is -0.137. The molecule has 0 bridgehead atoms. The molecule has 0 atom stereocenters. The van der Waals surface area contributed by atoms with Crippen LogP contribution in [-0.4, -0.2) is 9.13 Å². The van der Waals surface area contributed by atoms with Crippen molar-refractivity contribution in [3.05, 3.63) is 190 Å². The minimum atomic E-state index is -4.71. The summed E-state index contributed by atoms with van der Waals surface area (Å²) in [7, 11) is 0. The molecule has 0 saturated carbocycles. The van der Waals surface area contributed by atoms with E-state index in [0.717, 1.165) is 84.1 Å². The van der Waals surface area contributed by atoms with Gasteiger partial charge in [0.25, 0.3) is 0 Å². The summed E-state index contributed by atoms with van der Waals surface area (Å²) in [4.78, 5) is 0. The molecule has 0 amide bonds. The first-order valence-electron chi connectivity index (χ1n) is 19.8. The molecule has 0 unspecified atom stereocenters. The van der Waals surface area contributed by atoms with Gasteiger partial charge in [0.1, 0.15) is 11.6 Å². The van der Waals surface area contributed by atoms with Crippen molar-refractivity contribution in [3.63, 3.8) is 0 Å². The summed E-state index contributed by atoms with van der Waals surface area (Å²) in [5.74, 6) is 0.